The van der Waals surface area contributed by atoms with Gasteiger partial charge in [0.2, 0.25) is 0 Å². The number of thioether (sulfide) groups is 1. The zero-order valence-electron chi connectivity index (χ0n) is 7.64. The van der Waals surface area contributed by atoms with Crippen molar-refractivity contribution < 1.29 is 15.0 Å². The normalized spacial score (nSPS) is 10.1. The van der Waals surface area contributed by atoms with Gasteiger partial charge in [-0.2, -0.15) is 11.8 Å². The van der Waals surface area contributed by atoms with Crippen LogP contribution in [0.3, 0.4) is 0 Å². The molecule has 0 heterocycles. The average molecular weight is 212 g/mol. The number of hydrogen-bond donors (Lipinski definition) is 2. The fraction of sp³-hybridized carbons (Fsp3) is 0.300. The van der Waals surface area contributed by atoms with Crippen molar-refractivity contribution in [2.75, 3.05) is 12.4 Å². The molecule has 0 radical (unpaired) electrons. The molecule has 0 fully saturated rings. The predicted molar refractivity (Wildman–Crippen MR) is 56.6 cm³/mol. The molecule has 0 amide bonds. The van der Waals surface area contributed by atoms with Gasteiger partial charge in [0.15, 0.2) is 0 Å². The molecule has 4 heteroatoms. The maximum Gasteiger partial charge on any atom is 0.335 e. The molecule has 1 aromatic carbocycles. The summed E-state index contributed by atoms with van der Waals surface area (Å²) in [6, 6.07) is 6.85. The summed E-state index contributed by atoms with van der Waals surface area (Å²) in [5.74, 6) is 0.512. The fourth-order valence-corrected chi connectivity index (χ4v) is 1.74. The number of benzene rings is 1. The Hall–Kier alpha value is -1.00. The van der Waals surface area contributed by atoms with Crippen LogP contribution < -0.4 is 0 Å². The summed E-state index contributed by atoms with van der Waals surface area (Å²) >= 11 is 1.58. The van der Waals surface area contributed by atoms with E-state index in [0.29, 0.717) is 11.3 Å². The van der Waals surface area contributed by atoms with Crippen LogP contribution >= 0.6 is 11.8 Å². The Morgan fingerprint density at radius 2 is 2.21 bits per heavy atom. The van der Waals surface area contributed by atoms with Gasteiger partial charge in [-0.25, -0.2) is 4.79 Å². The predicted octanol–water partition coefficient (Wildman–Crippen LogP) is 1.61. The Morgan fingerprint density at radius 3 is 2.86 bits per heavy atom. The monoisotopic (exact) mass is 212 g/mol. The highest BCUT2D eigenvalue weighted by Crippen LogP contribution is 2.13. The van der Waals surface area contributed by atoms with Crippen LogP contribution in [0.15, 0.2) is 24.3 Å². The van der Waals surface area contributed by atoms with Gasteiger partial charge in [0.25, 0.3) is 0 Å². The smallest absolute Gasteiger partial charge is 0.335 e. The number of aromatic carboxylic acids is 1. The van der Waals surface area contributed by atoms with Gasteiger partial charge in [-0.3, -0.25) is 0 Å². The van der Waals surface area contributed by atoms with E-state index >= 15 is 0 Å². The molecule has 2 N–H and O–H groups in total. The Labute approximate surface area is 86.8 Å². The Bertz CT molecular complexity index is 312. The third-order valence-corrected chi connectivity index (χ3v) is 2.69. The van der Waals surface area contributed by atoms with Gasteiger partial charge in [-0.05, 0) is 17.7 Å². The lowest BCUT2D eigenvalue weighted by atomic mass is 10.1. The van der Waals surface area contributed by atoms with Gasteiger partial charge in [0, 0.05) is 11.5 Å². The number of aliphatic hydroxyl groups is 1. The molecule has 0 atom stereocenters. The molecular weight excluding hydrogens is 200 g/mol. The Balaban J connectivity index is 2.59. The first kappa shape index (κ1) is 11.1. The highest BCUT2D eigenvalue weighted by atomic mass is 32.2. The van der Waals surface area contributed by atoms with Crippen LogP contribution in [0.1, 0.15) is 15.9 Å². The lowest BCUT2D eigenvalue weighted by Gasteiger charge is -2.01. The number of rotatable bonds is 5. The van der Waals surface area contributed by atoms with Crippen molar-refractivity contribution >= 4 is 17.7 Å². The largest absolute Gasteiger partial charge is 0.478 e. The zero-order chi connectivity index (χ0) is 10.4. The Kier molecular flexibility index (Phi) is 4.49. The molecule has 0 unspecified atom stereocenters. The van der Waals surface area contributed by atoms with Gasteiger partial charge in [-0.15, -0.1) is 0 Å². The van der Waals surface area contributed by atoms with E-state index in [1.54, 1.807) is 30.0 Å². The van der Waals surface area contributed by atoms with E-state index in [9.17, 15) is 4.79 Å². The molecule has 1 aromatic rings. The first-order chi connectivity index (χ1) is 6.74. The highest BCUT2D eigenvalue weighted by Gasteiger charge is 2.02. The number of aliphatic hydroxyl groups excluding tert-OH is 1. The number of carbonyl (C=O) groups is 1. The van der Waals surface area contributed by atoms with Gasteiger partial charge >= 0.3 is 5.97 Å². The molecule has 0 aliphatic rings. The molecule has 0 aliphatic heterocycles. The lowest BCUT2D eigenvalue weighted by Crippen LogP contribution is -1.97. The first-order valence-electron chi connectivity index (χ1n) is 4.25. The van der Waals surface area contributed by atoms with Crippen molar-refractivity contribution in [3.63, 3.8) is 0 Å². The van der Waals surface area contributed by atoms with E-state index in [0.717, 1.165) is 11.3 Å². The molecule has 1 rings (SSSR count). The lowest BCUT2D eigenvalue weighted by molar-refractivity contribution is 0.0697. The number of carboxylic acid groups (broad SMARTS) is 1. The minimum Gasteiger partial charge on any atom is -0.478 e. The van der Waals surface area contributed by atoms with E-state index in [4.69, 9.17) is 10.2 Å². The van der Waals surface area contributed by atoms with Gasteiger partial charge in [0.1, 0.15) is 0 Å². The van der Waals surface area contributed by atoms with Crippen molar-refractivity contribution in [1.82, 2.24) is 0 Å². The molecular formula is C10H12O3S. The summed E-state index contributed by atoms with van der Waals surface area (Å²) in [5.41, 5.74) is 1.29. The third-order valence-electron chi connectivity index (χ3n) is 1.68. The van der Waals surface area contributed by atoms with E-state index < -0.39 is 5.97 Å². The maximum atomic E-state index is 10.6. The van der Waals surface area contributed by atoms with Crippen molar-refractivity contribution in [3.05, 3.63) is 35.4 Å². The van der Waals surface area contributed by atoms with Crippen LogP contribution in [0.25, 0.3) is 0 Å². The SMILES string of the molecule is O=C(O)c1cccc(CSCCO)c1. The highest BCUT2D eigenvalue weighted by molar-refractivity contribution is 7.98. The molecule has 14 heavy (non-hydrogen) atoms. The van der Waals surface area contributed by atoms with Crippen molar-refractivity contribution in [1.29, 1.82) is 0 Å². The summed E-state index contributed by atoms with van der Waals surface area (Å²) in [4.78, 5) is 10.6. The molecule has 0 saturated heterocycles. The van der Waals surface area contributed by atoms with Crippen LogP contribution in [-0.4, -0.2) is 28.5 Å². The quantitative estimate of drug-likeness (QED) is 0.728. The molecule has 76 valence electrons. The van der Waals surface area contributed by atoms with E-state index in [1.165, 1.54) is 0 Å². The number of hydrogen-bond acceptors (Lipinski definition) is 3. The van der Waals surface area contributed by atoms with Gasteiger partial charge < -0.3 is 10.2 Å². The molecule has 0 bridgehead atoms. The summed E-state index contributed by atoms with van der Waals surface area (Å²) in [5, 5.41) is 17.3. The van der Waals surface area contributed by atoms with Crippen LogP contribution in [0.5, 0.6) is 0 Å². The summed E-state index contributed by atoms with van der Waals surface area (Å²) < 4.78 is 0. The molecule has 0 saturated carbocycles. The standard InChI is InChI=1S/C10H12O3S/c11-4-5-14-7-8-2-1-3-9(6-8)10(12)13/h1-3,6,11H,4-5,7H2,(H,12,13). The Morgan fingerprint density at radius 1 is 1.43 bits per heavy atom. The molecule has 0 spiro atoms. The second-order valence-corrected chi connectivity index (χ2v) is 3.89. The second-order valence-electron chi connectivity index (χ2n) is 2.78. The maximum absolute atomic E-state index is 10.6. The van der Waals surface area contributed by atoms with Crippen LogP contribution in [0.4, 0.5) is 0 Å². The van der Waals surface area contributed by atoms with Crippen LogP contribution in [0.2, 0.25) is 0 Å². The zero-order valence-corrected chi connectivity index (χ0v) is 8.46. The fourth-order valence-electron chi connectivity index (χ4n) is 1.05. The summed E-state index contributed by atoms with van der Waals surface area (Å²) in [7, 11) is 0. The van der Waals surface area contributed by atoms with Crippen molar-refractivity contribution in [2.24, 2.45) is 0 Å². The van der Waals surface area contributed by atoms with E-state index in [2.05, 4.69) is 0 Å². The molecule has 3 nitrogen and oxygen atoms in total. The van der Waals surface area contributed by atoms with Gasteiger partial charge in [0.05, 0.1) is 12.2 Å². The third kappa shape index (κ3) is 3.40. The minimum atomic E-state index is -0.904. The van der Waals surface area contributed by atoms with E-state index in [1.807, 2.05) is 6.07 Å². The van der Waals surface area contributed by atoms with Crippen LogP contribution in [-0.2, 0) is 5.75 Å². The average Bonchev–Trinajstić information content (AvgIpc) is 2.19. The molecule has 0 aliphatic carbocycles. The van der Waals surface area contributed by atoms with E-state index in [-0.39, 0.29) is 6.61 Å². The van der Waals surface area contributed by atoms with Crippen molar-refractivity contribution in [3.8, 4) is 0 Å². The number of carboxylic acids is 1. The summed E-state index contributed by atoms with van der Waals surface area (Å²) in [6.07, 6.45) is 0. The molecule has 0 aromatic heterocycles. The second kappa shape index (κ2) is 5.67. The minimum absolute atomic E-state index is 0.156. The topological polar surface area (TPSA) is 57.5 Å². The van der Waals surface area contributed by atoms with Gasteiger partial charge in [-0.1, -0.05) is 12.1 Å². The van der Waals surface area contributed by atoms with Crippen LogP contribution in [0, 0.1) is 0 Å². The first-order valence-corrected chi connectivity index (χ1v) is 5.40. The summed E-state index contributed by atoms with van der Waals surface area (Å²) in [6.45, 7) is 0.156. The van der Waals surface area contributed by atoms with Crippen molar-refractivity contribution in [2.45, 2.75) is 5.75 Å².